The number of anilines is 1. The molecule has 0 N–H and O–H groups in total. The Kier molecular flexibility index (Phi) is 5.87. The van der Waals surface area contributed by atoms with Gasteiger partial charge in [0, 0.05) is 19.2 Å². The SMILES string of the molecule is CCOc1ccccc1OC(=O)c1ccc(N2CCOCC2)c([N+](=O)[O-])c1. The normalized spacial score (nSPS) is 13.9. The largest absolute Gasteiger partial charge is 0.490 e. The van der Waals surface area contributed by atoms with Crippen molar-refractivity contribution in [3.8, 4) is 11.5 Å². The average Bonchev–Trinajstić information content (AvgIpc) is 2.70. The van der Waals surface area contributed by atoms with Crippen LogP contribution in [0.2, 0.25) is 0 Å². The first-order chi connectivity index (χ1) is 13.1. The lowest BCUT2D eigenvalue weighted by Crippen LogP contribution is -2.36. The Labute approximate surface area is 156 Å². The van der Waals surface area contributed by atoms with Crippen LogP contribution in [0.15, 0.2) is 42.5 Å². The van der Waals surface area contributed by atoms with Gasteiger partial charge in [-0.05, 0) is 31.2 Å². The first kappa shape index (κ1) is 18.7. The van der Waals surface area contributed by atoms with Gasteiger partial charge in [-0.2, -0.15) is 0 Å². The van der Waals surface area contributed by atoms with Gasteiger partial charge in [-0.25, -0.2) is 4.79 Å². The van der Waals surface area contributed by atoms with Gasteiger partial charge in [0.1, 0.15) is 5.69 Å². The van der Waals surface area contributed by atoms with E-state index in [0.717, 1.165) is 0 Å². The minimum Gasteiger partial charge on any atom is -0.490 e. The van der Waals surface area contributed by atoms with Gasteiger partial charge in [-0.3, -0.25) is 10.1 Å². The summed E-state index contributed by atoms with van der Waals surface area (Å²) in [6.45, 7) is 4.39. The second kappa shape index (κ2) is 8.50. The van der Waals surface area contributed by atoms with E-state index in [9.17, 15) is 14.9 Å². The molecule has 0 atom stereocenters. The van der Waals surface area contributed by atoms with Crippen molar-refractivity contribution >= 4 is 17.3 Å². The fraction of sp³-hybridized carbons (Fsp3) is 0.316. The molecule has 3 rings (SSSR count). The third-order valence-corrected chi connectivity index (χ3v) is 4.11. The maximum Gasteiger partial charge on any atom is 0.343 e. The van der Waals surface area contributed by atoms with Crippen molar-refractivity contribution in [1.82, 2.24) is 0 Å². The number of nitrogens with zero attached hydrogens (tertiary/aromatic N) is 2. The van der Waals surface area contributed by atoms with Crippen LogP contribution in [0.25, 0.3) is 0 Å². The zero-order valence-corrected chi connectivity index (χ0v) is 14.9. The van der Waals surface area contributed by atoms with E-state index in [0.29, 0.717) is 44.3 Å². The van der Waals surface area contributed by atoms with Crippen molar-refractivity contribution in [2.45, 2.75) is 6.92 Å². The van der Waals surface area contributed by atoms with Gasteiger partial charge < -0.3 is 19.1 Å². The van der Waals surface area contributed by atoms with Crippen LogP contribution in [0.3, 0.4) is 0 Å². The summed E-state index contributed by atoms with van der Waals surface area (Å²) in [5.41, 5.74) is 0.434. The summed E-state index contributed by atoms with van der Waals surface area (Å²) in [5.74, 6) is 0.0239. The molecular weight excluding hydrogens is 352 g/mol. The highest BCUT2D eigenvalue weighted by atomic mass is 16.6. The number of carbonyl (C=O) groups excluding carboxylic acids is 1. The standard InChI is InChI=1S/C19H20N2O6/c1-2-26-17-5-3-4-6-18(17)27-19(22)14-7-8-15(16(13-14)21(23)24)20-9-11-25-12-10-20/h3-8,13H,2,9-12H2,1H3. The van der Waals surface area contributed by atoms with Gasteiger partial charge in [-0.15, -0.1) is 0 Å². The zero-order chi connectivity index (χ0) is 19.2. The van der Waals surface area contributed by atoms with E-state index in [1.54, 1.807) is 30.3 Å². The molecule has 0 aliphatic carbocycles. The quantitative estimate of drug-likeness (QED) is 0.333. The summed E-state index contributed by atoms with van der Waals surface area (Å²) in [6.07, 6.45) is 0. The molecule has 8 heteroatoms. The second-order valence-electron chi connectivity index (χ2n) is 5.83. The number of nitro benzene ring substituents is 1. The predicted octanol–water partition coefficient (Wildman–Crippen LogP) is 3.05. The molecule has 0 radical (unpaired) electrons. The zero-order valence-electron chi connectivity index (χ0n) is 14.9. The van der Waals surface area contributed by atoms with Crippen LogP contribution in [0.4, 0.5) is 11.4 Å². The summed E-state index contributed by atoms with van der Waals surface area (Å²) in [4.78, 5) is 25.4. The maximum absolute atomic E-state index is 12.5. The molecular formula is C19H20N2O6. The minimum atomic E-state index is -0.682. The summed E-state index contributed by atoms with van der Waals surface area (Å²) in [6, 6.07) is 11.1. The molecule has 0 saturated carbocycles. The number of ether oxygens (including phenoxy) is 3. The molecule has 0 spiro atoms. The van der Waals surface area contributed by atoms with Gasteiger partial charge in [0.05, 0.1) is 30.3 Å². The summed E-state index contributed by atoms with van der Waals surface area (Å²) in [5, 5.41) is 11.5. The highest BCUT2D eigenvalue weighted by molar-refractivity contribution is 5.93. The van der Waals surface area contributed by atoms with Gasteiger partial charge in [0.2, 0.25) is 0 Å². The highest BCUT2D eigenvalue weighted by Gasteiger charge is 2.24. The monoisotopic (exact) mass is 372 g/mol. The number of rotatable bonds is 6. The van der Waals surface area contributed by atoms with Crippen molar-refractivity contribution in [3.05, 3.63) is 58.1 Å². The number of hydrogen-bond donors (Lipinski definition) is 0. The third kappa shape index (κ3) is 4.35. The van der Waals surface area contributed by atoms with Crippen molar-refractivity contribution in [3.63, 3.8) is 0 Å². The number of benzene rings is 2. The molecule has 0 aromatic heterocycles. The van der Waals surface area contributed by atoms with E-state index < -0.39 is 10.9 Å². The lowest BCUT2D eigenvalue weighted by atomic mass is 10.1. The van der Waals surface area contributed by atoms with Crippen molar-refractivity contribution in [2.75, 3.05) is 37.8 Å². The van der Waals surface area contributed by atoms with Gasteiger partial charge in [0.15, 0.2) is 11.5 Å². The molecule has 0 unspecified atom stereocenters. The van der Waals surface area contributed by atoms with E-state index in [1.165, 1.54) is 12.1 Å². The van der Waals surface area contributed by atoms with Crippen molar-refractivity contribution in [1.29, 1.82) is 0 Å². The average molecular weight is 372 g/mol. The Bertz CT molecular complexity index is 833. The highest BCUT2D eigenvalue weighted by Crippen LogP contribution is 2.31. The van der Waals surface area contributed by atoms with E-state index in [4.69, 9.17) is 14.2 Å². The lowest BCUT2D eigenvalue weighted by Gasteiger charge is -2.28. The molecule has 1 fully saturated rings. The van der Waals surface area contributed by atoms with Crippen LogP contribution < -0.4 is 14.4 Å². The summed E-state index contributed by atoms with van der Waals surface area (Å²) < 4.78 is 16.1. The molecule has 2 aromatic rings. The van der Waals surface area contributed by atoms with E-state index >= 15 is 0 Å². The number of esters is 1. The van der Waals surface area contributed by atoms with Crippen LogP contribution >= 0.6 is 0 Å². The number of hydrogen-bond acceptors (Lipinski definition) is 7. The van der Waals surface area contributed by atoms with Crippen molar-refractivity contribution < 1.29 is 23.9 Å². The van der Waals surface area contributed by atoms with Crippen LogP contribution in [0.1, 0.15) is 17.3 Å². The van der Waals surface area contributed by atoms with Crippen molar-refractivity contribution in [2.24, 2.45) is 0 Å². The Morgan fingerprint density at radius 3 is 2.56 bits per heavy atom. The number of morpholine rings is 1. The molecule has 0 amide bonds. The smallest absolute Gasteiger partial charge is 0.343 e. The van der Waals surface area contributed by atoms with Crippen LogP contribution in [-0.2, 0) is 4.74 Å². The fourth-order valence-corrected chi connectivity index (χ4v) is 2.84. The van der Waals surface area contributed by atoms with Gasteiger partial charge in [0.25, 0.3) is 5.69 Å². The van der Waals surface area contributed by atoms with E-state index in [2.05, 4.69) is 0 Å². The Hall–Kier alpha value is -3.13. The first-order valence-electron chi connectivity index (χ1n) is 8.65. The first-order valence-corrected chi connectivity index (χ1v) is 8.65. The maximum atomic E-state index is 12.5. The molecule has 1 aliphatic rings. The van der Waals surface area contributed by atoms with E-state index in [-0.39, 0.29) is 17.0 Å². The van der Waals surface area contributed by atoms with Crippen LogP contribution in [-0.4, -0.2) is 43.8 Å². The Balaban J connectivity index is 1.85. The summed E-state index contributed by atoms with van der Waals surface area (Å²) >= 11 is 0. The predicted molar refractivity (Wildman–Crippen MR) is 98.7 cm³/mol. The third-order valence-electron chi connectivity index (χ3n) is 4.11. The Morgan fingerprint density at radius 1 is 1.19 bits per heavy atom. The molecule has 2 aromatic carbocycles. The molecule has 1 saturated heterocycles. The topological polar surface area (TPSA) is 91.1 Å². The lowest BCUT2D eigenvalue weighted by molar-refractivity contribution is -0.384. The number of para-hydroxylation sites is 2. The summed E-state index contributed by atoms with van der Waals surface area (Å²) in [7, 11) is 0. The molecule has 0 bridgehead atoms. The molecule has 1 heterocycles. The minimum absolute atomic E-state index is 0.102. The second-order valence-corrected chi connectivity index (χ2v) is 5.83. The fourth-order valence-electron chi connectivity index (χ4n) is 2.84. The number of carbonyl (C=O) groups is 1. The van der Waals surface area contributed by atoms with E-state index in [1.807, 2.05) is 11.8 Å². The van der Waals surface area contributed by atoms with Gasteiger partial charge in [-0.1, -0.05) is 12.1 Å². The molecule has 142 valence electrons. The molecule has 27 heavy (non-hydrogen) atoms. The molecule has 8 nitrogen and oxygen atoms in total. The number of nitro groups is 1. The van der Waals surface area contributed by atoms with Gasteiger partial charge >= 0.3 is 5.97 Å². The Morgan fingerprint density at radius 2 is 1.89 bits per heavy atom. The molecule has 1 aliphatic heterocycles. The van der Waals surface area contributed by atoms with Crippen LogP contribution in [0.5, 0.6) is 11.5 Å². The van der Waals surface area contributed by atoms with Crippen LogP contribution in [0, 0.1) is 10.1 Å².